The minimum atomic E-state index is -0.188. The van der Waals surface area contributed by atoms with Gasteiger partial charge in [0.25, 0.3) is 0 Å². The van der Waals surface area contributed by atoms with Crippen LogP contribution in [0.2, 0.25) is 0 Å². The van der Waals surface area contributed by atoms with Gasteiger partial charge in [0.05, 0.1) is 6.04 Å². The number of likely N-dealkylation sites (tertiary alicyclic amines) is 1. The molecule has 1 heterocycles. The van der Waals surface area contributed by atoms with Crippen molar-refractivity contribution >= 4 is 5.91 Å². The summed E-state index contributed by atoms with van der Waals surface area (Å²) in [6, 6.07) is 0.411. The number of nitrogens with zero attached hydrogens (tertiary/aromatic N) is 1. The number of carbonyl (C=O) groups excluding carboxylic acids is 1. The molecule has 0 aromatic heterocycles. The second-order valence-electron chi connectivity index (χ2n) is 6.96. The van der Waals surface area contributed by atoms with Crippen molar-refractivity contribution in [2.45, 2.75) is 64.5 Å². The van der Waals surface area contributed by atoms with Gasteiger partial charge in [0.15, 0.2) is 0 Å². The zero-order valence-corrected chi connectivity index (χ0v) is 13.1. The molecule has 0 spiro atoms. The largest absolute Gasteiger partial charge is 0.368 e. The van der Waals surface area contributed by atoms with Gasteiger partial charge >= 0.3 is 0 Å². The molecule has 3 N–H and O–H groups in total. The van der Waals surface area contributed by atoms with Crippen LogP contribution >= 0.6 is 0 Å². The third kappa shape index (κ3) is 5.06. The standard InChI is InChI=1S/C16H31N3O/c1-12(2)13-4-3-9-19(10-7-13)11-8-15(16(17)20)18-14-5-6-14/h12-15,18H,3-11H2,1-2H3,(H2,17,20). The van der Waals surface area contributed by atoms with Crippen LogP contribution in [0.4, 0.5) is 0 Å². The lowest BCUT2D eigenvalue weighted by molar-refractivity contribution is -0.120. The summed E-state index contributed by atoms with van der Waals surface area (Å²) in [4.78, 5) is 14.0. The van der Waals surface area contributed by atoms with Gasteiger partial charge in [0.2, 0.25) is 5.91 Å². The molecule has 0 bridgehead atoms. The first-order chi connectivity index (χ1) is 9.56. The highest BCUT2D eigenvalue weighted by atomic mass is 16.1. The van der Waals surface area contributed by atoms with E-state index in [2.05, 4.69) is 24.1 Å². The number of hydrogen-bond acceptors (Lipinski definition) is 3. The summed E-state index contributed by atoms with van der Waals surface area (Å²) in [5.41, 5.74) is 5.50. The minimum absolute atomic E-state index is 0.133. The van der Waals surface area contributed by atoms with Crippen LogP contribution in [0.5, 0.6) is 0 Å². The van der Waals surface area contributed by atoms with Gasteiger partial charge in [-0.05, 0) is 63.5 Å². The molecule has 4 heteroatoms. The van der Waals surface area contributed by atoms with Gasteiger partial charge in [-0.1, -0.05) is 13.8 Å². The van der Waals surface area contributed by atoms with E-state index in [9.17, 15) is 4.79 Å². The SMILES string of the molecule is CC(C)C1CCCN(CCC(NC2CC2)C(N)=O)CC1. The molecule has 116 valence electrons. The minimum Gasteiger partial charge on any atom is -0.368 e. The Morgan fingerprint density at radius 1 is 1.25 bits per heavy atom. The van der Waals surface area contributed by atoms with Crippen LogP contribution in [0, 0.1) is 11.8 Å². The average Bonchev–Trinajstić information content (AvgIpc) is 3.21. The van der Waals surface area contributed by atoms with Crippen molar-refractivity contribution < 1.29 is 4.79 Å². The fraction of sp³-hybridized carbons (Fsp3) is 0.938. The predicted octanol–water partition coefficient (Wildman–Crippen LogP) is 1.74. The summed E-state index contributed by atoms with van der Waals surface area (Å²) in [7, 11) is 0. The quantitative estimate of drug-likeness (QED) is 0.747. The van der Waals surface area contributed by atoms with E-state index in [-0.39, 0.29) is 11.9 Å². The Morgan fingerprint density at radius 2 is 2.00 bits per heavy atom. The third-order valence-electron chi connectivity index (χ3n) is 4.90. The molecule has 20 heavy (non-hydrogen) atoms. The second-order valence-corrected chi connectivity index (χ2v) is 6.96. The molecule has 1 saturated carbocycles. The van der Waals surface area contributed by atoms with Crippen LogP contribution in [-0.4, -0.2) is 42.5 Å². The molecule has 1 aliphatic carbocycles. The molecular weight excluding hydrogens is 250 g/mol. The smallest absolute Gasteiger partial charge is 0.234 e. The van der Waals surface area contributed by atoms with Gasteiger partial charge in [-0.3, -0.25) is 4.79 Å². The van der Waals surface area contributed by atoms with E-state index >= 15 is 0 Å². The monoisotopic (exact) mass is 281 g/mol. The molecule has 0 radical (unpaired) electrons. The first kappa shape index (κ1) is 15.8. The lowest BCUT2D eigenvalue weighted by Gasteiger charge is -2.23. The van der Waals surface area contributed by atoms with E-state index in [1.807, 2.05) is 0 Å². The first-order valence-corrected chi connectivity index (χ1v) is 8.34. The van der Waals surface area contributed by atoms with Gasteiger partial charge in [-0.25, -0.2) is 0 Å². The Bertz CT molecular complexity index is 315. The van der Waals surface area contributed by atoms with Crippen LogP contribution in [-0.2, 0) is 4.79 Å². The fourth-order valence-electron chi connectivity index (χ4n) is 3.23. The first-order valence-electron chi connectivity index (χ1n) is 8.34. The highest BCUT2D eigenvalue weighted by molar-refractivity contribution is 5.79. The molecule has 0 aromatic carbocycles. The highest BCUT2D eigenvalue weighted by Gasteiger charge is 2.27. The number of nitrogens with one attached hydrogen (secondary N) is 1. The van der Waals surface area contributed by atoms with Gasteiger partial charge in [-0.15, -0.1) is 0 Å². The van der Waals surface area contributed by atoms with Gasteiger partial charge in [0, 0.05) is 12.6 Å². The lowest BCUT2D eigenvalue weighted by Crippen LogP contribution is -2.44. The Balaban J connectivity index is 1.73. The molecule has 2 aliphatic rings. The number of rotatable bonds is 7. The number of carbonyl (C=O) groups is 1. The number of hydrogen-bond donors (Lipinski definition) is 2. The Labute approximate surface area is 123 Å². The van der Waals surface area contributed by atoms with Crippen LogP contribution in [0.3, 0.4) is 0 Å². The highest BCUT2D eigenvalue weighted by Crippen LogP contribution is 2.25. The van der Waals surface area contributed by atoms with E-state index in [4.69, 9.17) is 5.73 Å². The molecule has 2 rings (SSSR count). The van der Waals surface area contributed by atoms with Crippen molar-refractivity contribution in [3.63, 3.8) is 0 Å². The normalized spacial score (nSPS) is 26.4. The Hall–Kier alpha value is -0.610. The summed E-state index contributed by atoms with van der Waals surface area (Å²) in [5.74, 6) is 1.48. The molecule has 4 nitrogen and oxygen atoms in total. The third-order valence-corrected chi connectivity index (χ3v) is 4.90. The topological polar surface area (TPSA) is 58.4 Å². The van der Waals surface area contributed by atoms with E-state index in [1.54, 1.807) is 0 Å². The van der Waals surface area contributed by atoms with Crippen molar-refractivity contribution in [1.82, 2.24) is 10.2 Å². The zero-order valence-electron chi connectivity index (χ0n) is 13.1. The summed E-state index contributed by atoms with van der Waals surface area (Å²) < 4.78 is 0. The molecule has 0 aromatic rings. The van der Waals surface area contributed by atoms with E-state index in [1.165, 1.54) is 45.2 Å². The Morgan fingerprint density at radius 3 is 2.60 bits per heavy atom. The molecule has 1 amide bonds. The van der Waals surface area contributed by atoms with Gasteiger partial charge in [-0.2, -0.15) is 0 Å². The molecule has 1 saturated heterocycles. The summed E-state index contributed by atoms with van der Waals surface area (Å²) in [6.45, 7) is 8.03. The number of nitrogens with two attached hydrogens (primary N) is 1. The summed E-state index contributed by atoms with van der Waals surface area (Å²) >= 11 is 0. The van der Waals surface area contributed by atoms with Crippen molar-refractivity contribution in [2.24, 2.45) is 17.6 Å². The average molecular weight is 281 g/mol. The molecule has 2 unspecified atom stereocenters. The maximum absolute atomic E-state index is 11.5. The molecule has 1 aliphatic heterocycles. The van der Waals surface area contributed by atoms with Crippen LogP contribution in [0.15, 0.2) is 0 Å². The second kappa shape index (κ2) is 7.41. The van der Waals surface area contributed by atoms with Crippen LogP contribution in [0.25, 0.3) is 0 Å². The van der Waals surface area contributed by atoms with Crippen molar-refractivity contribution in [3.8, 4) is 0 Å². The van der Waals surface area contributed by atoms with Crippen molar-refractivity contribution in [2.75, 3.05) is 19.6 Å². The van der Waals surface area contributed by atoms with Crippen LogP contribution in [0.1, 0.15) is 52.4 Å². The molecule has 2 fully saturated rings. The summed E-state index contributed by atoms with van der Waals surface area (Å²) in [5, 5.41) is 3.37. The van der Waals surface area contributed by atoms with Crippen LogP contribution < -0.4 is 11.1 Å². The Kier molecular flexibility index (Phi) is 5.85. The van der Waals surface area contributed by atoms with E-state index in [0.717, 1.165) is 24.8 Å². The maximum Gasteiger partial charge on any atom is 0.234 e. The maximum atomic E-state index is 11.5. The number of amides is 1. The van der Waals surface area contributed by atoms with Gasteiger partial charge < -0.3 is 16.0 Å². The van der Waals surface area contributed by atoms with E-state index in [0.29, 0.717) is 6.04 Å². The van der Waals surface area contributed by atoms with E-state index < -0.39 is 0 Å². The summed E-state index contributed by atoms with van der Waals surface area (Å²) in [6.07, 6.45) is 7.20. The lowest BCUT2D eigenvalue weighted by atomic mass is 9.89. The molecular formula is C16H31N3O. The fourth-order valence-corrected chi connectivity index (χ4v) is 3.23. The molecule has 2 atom stereocenters. The van der Waals surface area contributed by atoms with Gasteiger partial charge in [0.1, 0.15) is 0 Å². The van der Waals surface area contributed by atoms with Crippen molar-refractivity contribution in [3.05, 3.63) is 0 Å². The predicted molar refractivity (Wildman–Crippen MR) is 82.4 cm³/mol. The van der Waals surface area contributed by atoms with Crippen molar-refractivity contribution in [1.29, 1.82) is 0 Å². The number of primary amides is 1. The zero-order chi connectivity index (χ0) is 14.5.